The number of nitrogens with zero attached hydrogens (tertiary/aromatic N) is 2. The number of hydrogen-bond acceptors (Lipinski definition) is 7. The Hall–Kier alpha value is -2.32. The van der Waals surface area contributed by atoms with Crippen molar-refractivity contribution in [3.05, 3.63) is 41.8 Å². The fourth-order valence-electron chi connectivity index (χ4n) is 1.94. The van der Waals surface area contributed by atoms with Crippen molar-refractivity contribution in [1.82, 2.24) is 10.2 Å². The first-order valence-electron chi connectivity index (χ1n) is 7.15. The van der Waals surface area contributed by atoms with Crippen LogP contribution in [0.1, 0.15) is 6.92 Å². The molecule has 6 nitrogen and oxygen atoms in total. The number of benzene rings is 1. The summed E-state index contributed by atoms with van der Waals surface area (Å²) in [5.41, 5.74) is 0.627. The molecule has 0 radical (unpaired) electrons. The molecule has 1 amide bonds. The van der Waals surface area contributed by atoms with Crippen LogP contribution in [0.15, 0.2) is 51.4 Å². The normalized spacial score (nSPS) is 11.9. The van der Waals surface area contributed by atoms with Crippen LogP contribution in [-0.4, -0.2) is 28.5 Å². The number of para-hydroxylation sites is 2. The summed E-state index contributed by atoms with van der Waals surface area (Å²) in [6.45, 7) is 1.78. The Labute approximate surface area is 147 Å². The van der Waals surface area contributed by atoms with E-state index >= 15 is 0 Å². The molecule has 1 N–H and O–H groups in total. The van der Waals surface area contributed by atoms with Gasteiger partial charge in [0, 0.05) is 0 Å². The summed E-state index contributed by atoms with van der Waals surface area (Å²) in [6, 6.07) is 11.1. The lowest BCUT2D eigenvalue weighted by molar-refractivity contribution is -0.115. The molecule has 24 heavy (non-hydrogen) atoms. The lowest BCUT2D eigenvalue weighted by Crippen LogP contribution is -2.22. The molecule has 2 aromatic heterocycles. The Bertz CT molecular complexity index is 818. The first-order chi connectivity index (χ1) is 11.7. The summed E-state index contributed by atoms with van der Waals surface area (Å²) >= 11 is 2.74. The molecule has 3 rings (SSSR count). The van der Waals surface area contributed by atoms with Gasteiger partial charge >= 0.3 is 0 Å². The fourth-order valence-corrected chi connectivity index (χ4v) is 3.27. The van der Waals surface area contributed by atoms with Gasteiger partial charge in [0.05, 0.1) is 22.9 Å². The fraction of sp³-hybridized carbons (Fsp3) is 0.188. The Morgan fingerprint density at radius 1 is 1.29 bits per heavy atom. The van der Waals surface area contributed by atoms with E-state index in [1.807, 2.05) is 29.6 Å². The molecule has 124 valence electrons. The standard InChI is InChI=1S/C16H15N3O3S2/c1-10(14(20)17-11-6-3-4-7-12(11)21-2)24-16-19-18-15(22-16)13-8-5-9-23-13/h3-10H,1-2H3,(H,17,20). The number of aromatic nitrogens is 2. The lowest BCUT2D eigenvalue weighted by atomic mass is 10.3. The zero-order chi connectivity index (χ0) is 16.9. The van der Waals surface area contributed by atoms with E-state index in [9.17, 15) is 4.79 Å². The minimum Gasteiger partial charge on any atom is -0.495 e. The highest BCUT2D eigenvalue weighted by molar-refractivity contribution is 8.00. The minimum absolute atomic E-state index is 0.166. The quantitative estimate of drug-likeness (QED) is 0.671. The summed E-state index contributed by atoms with van der Waals surface area (Å²) in [6.07, 6.45) is 0. The lowest BCUT2D eigenvalue weighted by Gasteiger charge is -2.12. The Morgan fingerprint density at radius 3 is 2.88 bits per heavy atom. The summed E-state index contributed by atoms with van der Waals surface area (Å²) < 4.78 is 10.8. The smallest absolute Gasteiger partial charge is 0.277 e. The number of carbonyl (C=O) groups excluding carboxylic acids is 1. The monoisotopic (exact) mass is 361 g/mol. The van der Waals surface area contributed by atoms with E-state index in [4.69, 9.17) is 9.15 Å². The van der Waals surface area contributed by atoms with Crippen molar-refractivity contribution in [2.24, 2.45) is 0 Å². The molecule has 1 atom stereocenters. The van der Waals surface area contributed by atoms with Crippen LogP contribution < -0.4 is 10.1 Å². The van der Waals surface area contributed by atoms with Crippen LogP contribution >= 0.6 is 23.1 Å². The maximum Gasteiger partial charge on any atom is 0.277 e. The van der Waals surface area contributed by atoms with Crippen LogP contribution in [0.5, 0.6) is 5.75 Å². The van der Waals surface area contributed by atoms with Crippen molar-refractivity contribution < 1.29 is 13.9 Å². The van der Waals surface area contributed by atoms with Crippen LogP contribution in [-0.2, 0) is 4.79 Å². The van der Waals surface area contributed by atoms with Gasteiger partial charge < -0.3 is 14.5 Å². The van der Waals surface area contributed by atoms with Crippen molar-refractivity contribution in [2.45, 2.75) is 17.4 Å². The Kier molecular flexibility index (Phi) is 5.17. The van der Waals surface area contributed by atoms with Crippen molar-refractivity contribution in [1.29, 1.82) is 0 Å². The molecule has 2 heterocycles. The largest absolute Gasteiger partial charge is 0.495 e. The second-order valence-electron chi connectivity index (χ2n) is 4.80. The topological polar surface area (TPSA) is 77.2 Å². The van der Waals surface area contributed by atoms with Crippen LogP contribution in [0, 0.1) is 0 Å². The summed E-state index contributed by atoms with van der Waals surface area (Å²) in [5.74, 6) is 0.908. The molecular weight excluding hydrogens is 346 g/mol. The third kappa shape index (κ3) is 3.77. The molecule has 0 aliphatic heterocycles. The van der Waals surface area contributed by atoms with E-state index in [-0.39, 0.29) is 5.91 Å². The van der Waals surface area contributed by atoms with Crippen LogP contribution in [0.4, 0.5) is 5.69 Å². The molecule has 0 saturated heterocycles. The number of anilines is 1. The number of thioether (sulfide) groups is 1. The molecule has 1 unspecified atom stereocenters. The maximum absolute atomic E-state index is 12.3. The number of amides is 1. The molecule has 3 aromatic rings. The number of methoxy groups -OCH3 is 1. The van der Waals surface area contributed by atoms with E-state index in [2.05, 4.69) is 15.5 Å². The van der Waals surface area contributed by atoms with Gasteiger partial charge in [-0.2, -0.15) is 0 Å². The van der Waals surface area contributed by atoms with Crippen molar-refractivity contribution >= 4 is 34.7 Å². The van der Waals surface area contributed by atoms with E-state index in [1.165, 1.54) is 23.1 Å². The number of rotatable bonds is 6. The molecule has 1 aromatic carbocycles. The molecule has 0 fully saturated rings. The van der Waals surface area contributed by atoms with Crippen molar-refractivity contribution in [2.75, 3.05) is 12.4 Å². The van der Waals surface area contributed by atoms with Gasteiger partial charge in [-0.3, -0.25) is 4.79 Å². The van der Waals surface area contributed by atoms with Crippen molar-refractivity contribution in [3.63, 3.8) is 0 Å². The first-order valence-corrected chi connectivity index (χ1v) is 8.91. The highest BCUT2D eigenvalue weighted by Gasteiger charge is 2.20. The third-order valence-electron chi connectivity index (χ3n) is 3.15. The Morgan fingerprint density at radius 2 is 2.12 bits per heavy atom. The van der Waals surface area contributed by atoms with Crippen LogP contribution in [0.2, 0.25) is 0 Å². The van der Waals surface area contributed by atoms with E-state index in [0.29, 0.717) is 22.6 Å². The van der Waals surface area contributed by atoms with Gasteiger partial charge in [-0.05, 0) is 30.5 Å². The summed E-state index contributed by atoms with van der Waals surface area (Å²) in [5, 5.41) is 12.7. The zero-order valence-corrected chi connectivity index (χ0v) is 14.7. The number of carbonyl (C=O) groups is 1. The van der Waals surface area contributed by atoms with Gasteiger partial charge in [0.15, 0.2) is 0 Å². The number of hydrogen-bond donors (Lipinski definition) is 1. The number of thiophene rings is 1. The number of ether oxygens (including phenoxy) is 1. The first kappa shape index (κ1) is 16.5. The SMILES string of the molecule is COc1ccccc1NC(=O)C(C)Sc1nnc(-c2cccs2)o1. The molecule has 0 saturated carbocycles. The van der Waals surface area contributed by atoms with Crippen LogP contribution in [0.3, 0.4) is 0 Å². The molecule has 0 spiro atoms. The maximum atomic E-state index is 12.3. The molecular formula is C16H15N3O3S2. The van der Waals surface area contributed by atoms with Crippen LogP contribution in [0.25, 0.3) is 10.8 Å². The average molecular weight is 361 g/mol. The van der Waals surface area contributed by atoms with Gasteiger partial charge in [-0.1, -0.05) is 30.0 Å². The number of nitrogens with one attached hydrogen (secondary N) is 1. The molecule has 0 aliphatic carbocycles. The Balaban J connectivity index is 1.64. The second-order valence-corrected chi connectivity index (χ2v) is 7.04. The third-order valence-corrected chi connectivity index (χ3v) is 4.94. The molecule has 0 aliphatic rings. The predicted octanol–water partition coefficient (Wildman–Crippen LogP) is 3.93. The van der Waals surface area contributed by atoms with Gasteiger partial charge in [-0.15, -0.1) is 21.5 Å². The zero-order valence-electron chi connectivity index (χ0n) is 13.1. The van der Waals surface area contributed by atoms with E-state index < -0.39 is 5.25 Å². The highest BCUT2D eigenvalue weighted by atomic mass is 32.2. The molecule has 8 heteroatoms. The summed E-state index contributed by atoms with van der Waals surface area (Å²) in [4.78, 5) is 13.2. The predicted molar refractivity (Wildman–Crippen MR) is 94.6 cm³/mol. The van der Waals surface area contributed by atoms with Gasteiger partial charge in [-0.25, -0.2) is 0 Å². The minimum atomic E-state index is -0.397. The van der Waals surface area contributed by atoms with Gasteiger partial charge in [0.1, 0.15) is 5.75 Å². The summed E-state index contributed by atoms with van der Waals surface area (Å²) in [7, 11) is 1.56. The van der Waals surface area contributed by atoms with E-state index in [1.54, 1.807) is 26.2 Å². The second kappa shape index (κ2) is 7.50. The highest BCUT2D eigenvalue weighted by Crippen LogP contribution is 2.29. The molecule has 0 bridgehead atoms. The van der Waals surface area contributed by atoms with Gasteiger partial charge in [0.25, 0.3) is 11.1 Å². The average Bonchev–Trinajstić information content (AvgIpc) is 3.26. The van der Waals surface area contributed by atoms with Gasteiger partial charge in [0.2, 0.25) is 5.91 Å². The van der Waals surface area contributed by atoms with E-state index in [0.717, 1.165) is 4.88 Å². The van der Waals surface area contributed by atoms with Crippen molar-refractivity contribution in [3.8, 4) is 16.5 Å².